The zero-order valence-electron chi connectivity index (χ0n) is 13.5. The summed E-state index contributed by atoms with van der Waals surface area (Å²) in [6, 6.07) is 9.94. The molecule has 0 heterocycles. The van der Waals surface area contributed by atoms with Crippen LogP contribution >= 0.6 is 0 Å². The average molecular weight is 290 g/mol. The minimum atomic E-state index is -0.216. The highest BCUT2D eigenvalue weighted by Crippen LogP contribution is 2.26. The molecule has 116 valence electrons. The lowest BCUT2D eigenvalue weighted by Gasteiger charge is -2.41. The van der Waals surface area contributed by atoms with Gasteiger partial charge in [0.25, 0.3) is 0 Å². The Hall–Kier alpha value is -1.35. The summed E-state index contributed by atoms with van der Waals surface area (Å²) in [5.74, 6) is -0.216. The van der Waals surface area contributed by atoms with Crippen LogP contribution in [0.25, 0.3) is 0 Å². The molecule has 2 rings (SSSR count). The van der Waals surface area contributed by atoms with Gasteiger partial charge in [0.1, 0.15) is 12.6 Å². The number of nitrogens with zero attached hydrogens (tertiary/aromatic N) is 1. The fourth-order valence-electron chi connectivity index (χ4n) is 3.45. The smallest absolute Gasteiger partial charge is 0.338 e. The molecule has 0 radical (unpaired) electrons. The average Bonchev–Trinajstić information content (AvgIpc) is 2.48. The van der Waals surface area contributed by atoms with Crippen LogP contribution in [0.15, 0.2) is 30.3 Å². The molecule has 0 N–H and O–H groups in total. The van der Waals surface area contributed by atoms with Crippen LogP contribution in [0.4, 0.5) is 0 Å². The predicted molar refractivity (Wildman–Crippen MR) is 85.2 cm³/mol. The summed E-state index contributed by atoms with van der Waals surface area (Å²) in [5, 5.41) is 0. The number of quaternary nitrogens is 1. The highest BCUT2D eigenvalue weighted by Gasteiger charge is 2.32. The summed E-state index contributed by atoms with van der Waals surface area (Å²) in [4.78, 5) is 12.1. The van der Waals surface area contributed by atoms with Crippen LogP contribution in [0.3, 0.4) is 0 Å². The predicted octanol–water partition coefficient (Wildman–Crippen LogP) is 3.64. The number of carbonyl (C=O) groups is 1. The van der Waals surface area contributed by atoms with E-state index in [0.717, 1.165) is 11.0 Å². The van der Waals surface area contributed by atoms with Gasteiger partial charge in [0.2, 0.25) is 0 Å². The maximum absolute atomic E-state index is 12.1. The van der Waals surface area contributed by atoms with Gasteiger partial charge in [0.15, 0.2) is 0 Å². The zero-order chi connectivity index (χ0) is 15.3. The van der Waals surface area contributed by atoms with Crippen LogP contribution in [-0.2, 0) is 4.74 Å². The normalized spacial score (nSPS) is 18.2. The van der Waals surface area contributed by atoms with Crippen LogP contribution < -0.4 is 0 Å². The molecule has 0 aromatic heterocycles. The maximum atomic E-state index is 12.1. The number of likely N-dealkylation sites (N-methyl/N-ethyl adjacent to an activating group) is 1. The lowest BCUT2D eigenvalue weighted by atomic mass is 9.93. The standard InChI is InChI=1S/C18H28NO2/c1-15(21-18(20)16-10-6-4-7-11-16)14-19(2,3)17-12-8-5-9-13-17/h4,6-7,10-11,15,17H,5,8-9,12-14H2,1-3H3/q+1. The summed E-state index contributed by atoms with van der Waals surface area (Å²) in [6.45, 7) is 2.88. The zero-order valence-corrected chi connectivity index (χ0v) is 13.5. The molecule has 1 aliphatic carbocycles. The molecule has 1 atom stereocenters. The summed E-state index contributed by atoms with van der Waals surface area (Å²) in [7, 11) is 4.53. The van der Waals surface area contributed by atoms with Gasteiger partial charge in [-0.15, -0.1) is 0 Å². The first-order valence-electron chi connectivity index (χ1n) is 8.08. The number of carbonyl (C=O) groups excluding carboxylic acids is 1. The SMILES string of the molecule is CC(C[N+](C)(C)C1CCCCC1)OC(=O)c1ccccc1. The van der Waals surface area contributed by atoms with E-state index in [9.17, 15) is 4.79 Å². The summed E-state index contributed by atoms with van der Waals surface area (Å²) in [6.07, 6.45) is 6.58. The number of hydrogen-bond donors (Lipinski definition) is 0. The topological polar surface area (TPSA) is 26.3 Å². The molecular formula is C18H28NO2+. The van der Waals surface area contributed by atoms with Crippen molar-refractivity contribution in [1.82, 2.24) is 0 Å². The van der Waals surface area contributed by atoms with Gasteiger partial charge in [-0.2, -0.15) is 0 Å². The molecule has 1 aromatic carbocycles. The number of esters is 1. The van der Waals surface area contributed by atoms with Gasteiger partial charge in [0, 0.05) is 0 Å². The van der Waals surface area contributed by atoms with Crippen molar-refractivity contribution in [3.05, 3.63) is 35.9 Å². The number of benzene rings is 1. The van der Waals surface area contributed by atoms with Crippen molar-refractivity contribution in [3.8, 4) is 0 Å². The molecule has 1 fully saturated rings. The fourth-order valence-corrected chi connectivity index (χ4v) is 3.45. The Morgan fingerprint density at radius 1 is 1.19 bits per heavy atom. The summed E-state index contributed by atoms with van der Waals surface area (Å²) < 4.78 is 6.56. The highest BCUT2D eigenvalue weighted by molar-refractivity contribution is 5.89. The van der Waals surface area contributed by atoms with Gasteiger partial charge in [-0.1, -0.05) is 24.6 Å². The Bertz CT molecular complexity index is 450. The third kappa shape index (κ3) is 4.57. The molecule has 0 saturated heterocycles. The molecular weight excluding hydrogens is 262 g/mol. The summed E-state index contributed by atoms with van der Waals surface area (Å²) >= 11 is 0. The van der Waals surface area contributed by atoms with E-state index in [1.165, 1.54) is 32.1 Å². The number of hydrogen-bond acceptors (Lipinski definition) is 2. The third-order valence-electron chi connectivity index (χ3n) is 4.61. The van der Waals surface area contributed by atoms with Gasteiger partial charge < -0.3 is 9.22 Å². The van der Waals surface area contributed by atoms with Crippen LogP contribution in [-0.4, -0.2) is 43.2 Å². The number of ether oxygens (including phenoxy) is 1. The molecule has 0 spiro atoms. The van der Waals surface area contributed by atoms with Crippen molar-refractivity contribution < 1.29 is 14.0 Å². The monoisotopic (exact) mass is 290 g/mol. The van der Waals surface area contributed by atoms with Crippen molar-refractivity contribution in [2.75, 3.05) is 20.6 Å². The quantitative estimate of drug-likeness (QED) is 0.611. The van der Waals surface area contributed by atoms with Crippen molar-refractivity contribution >= 4 is 5.97 Å². The van der Waals surface area contributed by atoms with Gasteiger partial charge >= 0.3 is 5.97 Å². The largest absolute Gasteiger partial charge is 0.453 e. The molecule has 1 aromatic rings. The molecule has 1 saturated carbocycles. The van der Waals surface area contributed by atoms with Crippen LogP contribution in [0.5, 0.6) is 0 Å². The Morgan fingerprint density at radius 3 is 2.43 bits per heavy atom. The molecule has 1 aliphatic rings. The van der Waals surface area contributed by atoms with Gasteiger partial charge in [-0.25, -0.2) is 4.79 Å². The van der Waals surface area contributed by atoms with E-state index in [0.29, 0.717) is 11.6 Å². The molecule has 3 heteroatoms. The van der Waals surface area contributed by atoms with Crippen molar-refractivity contribution in [3.63, 3.8) is 0 Å². The first-order chi connectivity index (χ1) is 9.99. The second kappa shape index (κ2) is 7.08. The Labute approximate surface area is 128 Å². The first-order valence-corrected chi connectivity index (χ1v) is 8.08. The Kier molecular flexibility index (Phi) is 5.40. The van der Waals surface area contributed by atoms with E-state index in [1.807, 2.05) is 25.1 Å². The third-order valence-corrected chi connectivity index (χ3v) is 4.61. The van der Waals surface area contributed by atoms with Crippen molar-refractivity contribution in [2.24, 2.45) is 0 Å². The van der Waals surface area contributed by atoms with E-state index in [4.69, 9.17) is 4.74 Å². The minimum absolute atomic E-state index is 0.0605. The van der Waals surface area contributed by atoms with Gasteiger partial charge in [0.05, 0.1) is 25.7 Å². The lowest BCUT2D eigenvalue weighted by Crippen LogP contribution is -2.53. The van der Waals surface area contributed by atoms with E-state index >= 15 is 0 Å². The van der Waals surface area contributed by atoms with E-state index in [-0.39, 0.29) is 12.1 Å². The summed E-state index contributed by atoms with van der Waals surface area (Å²) in [5.41, 5.74) is 0.632. The maximum Gasteiger partial charge on any atom is 0.338 e. The van der Waals surface area contributed by atoms with Crippen LogP contribution in [0.1, 0.15) is 49.4 Å². The van der Waals surface area contributed by atoms with Crippen molar-refractivity contribution in [2.45, 2.75) is 51.2 Å². The Balaban J connectivity index is 1.88. The number of rotatable bonds is 5. The second-order valence-corrected chi connectivity index (χ2v) is 6.84. The highest BCUT2D eigenvalue weighted by atomic mass is 16.5. The fraction of sp³-hybridized carbons (Fsp3) is 0.611. The molecule has 3 nitrogen and oxygen atoms in total. The van der Waals surface area contributed by atoms with E-state index < -0.39 is 0 Å². The van der Waals surface area contributed by atoms with Crippen molar-refractivity contribution in [1.29, 1.82) is 0 Å². The van der Waals surface area contributed by atoms with E-state index in [1.54, 1.807) is 12.1 Å². The lowest BCUT2D eigenvalue weighted by molar-refractivity contribution is -0.918. The van der Waals surface area contributed by atoms with Gasteiger partial charge in [-0.05, 0) is 44.7 Å². The van der Waals surface area contributed by atoms with Gasteiger partial charge in [-0.3, -0.25) is 0 Å². The molecule has 0 aliphatic heterocycles. The molecule has 21 heavy (non-hydrogen) atoms. The minimum Gasteiger partial charge on any atom is -0.453 e. The molecule has 1 unspecified atom stereocenters. The second-order valence-electron chi connectivity index (χ2n) is 6.84. The van der Waals surface area contributed by atoms with E-state index in [2.05, 4.69) is 14.1 Å². The molecule has 0 bridgehead atoms. The first kappa shape index (κ1) is 16.0. The van der Waals surface area contributed by atoms with Crippen LogP contribution in [0, 0.1) is 0 Å². The Morgan fingerprint density at radius 2 is 1.81 bits per heavy atom. The molecule has 0 amide bonds. The van der Waals surface area contributed by atoms with Crippen LogP contribution in [0.2, 0.25) is 0 Å².